The van der Waals surface area contributed by atoms with E-state index in [1.165, 1.54) is 0 Å². The van der Waals surface area contributed by atoms with Crippen molar-refractivity contribution in [1.29, 1.82) is 0 Å². The Bertz CT molecular complexity index is 494. The first-order valence-corrected chi connectivity index (χ1v) is 7.05. The van der Waals surface area contributed by atoms with Crippen molar-refractivity contribution < 1.29 is 4.79 Å². The molecule has 0 aromatic heterocycles. The summed E-state index contributed by atoms with van der Waals surface area (Å²) >= 11 is 1.60. The van der Waals surface area contributed by atoms with Gasteiger partial charge in [0.25, 0.3) is 5.91 Å². The summed E-state index contributed by atoms with van der Waals surface area (Å²) in [5.74, 6) is 0.915. The van der Waals surface area contributed by atoms with Gasteiger partial charge in [-0.25, -0.2) is 4.99 Å². The third kappa shape index (κ3) is 2.64. The molecular formula is C14H16N2OS. The Balaban J connectivity index is 2.29. The number of rotatable bonds is 3. The summed E-state index contributed by atoms with van der Waals surface area (Å²) in [6.07, 6.45) is 1.84. The van der Waals surface area contributed by atoms with Crippen molar-refractivity contribution in [1.82, 2.24) is 4.90 Å². The molecule has 0 saturated heterocycles. The van der Waals surface area contributed by atoms with Gasteiger partial charge in [-0.15, -0.1) is 0 Å². The van der Waals surface area contributed by atoms with Gasteiger partial charge in [-0.3, -0.25) is 9.69 Å². The van der Waals surface area contributed by atoms with Crippen LogP contribution in [0.2, 0.25) is 0 Å². The zero-order valence-electron chi connectivity index (χ0n) is 10.6. The molecule has 1 amide bonds. The van der Waals surface area contributed by atoms with Crippen LogP contribution in [0.1, 0.15) is 19.4 Å². The second-order valence-corrected chi connectivity index (χ2v) is 5.05. The number of benzene rings is 1. The first kappa shape index (κ1) is 12.9. The van der Waals surface area contributed by atoms with Gasteiger partial charge in [-0.2, -0.15) is 0 Å². The van der Waals surface area contributed by atoms with Gasteiger partial charge in [-0.05, 0) is 24.3 Å². The lowest BCUT2D eigenvalue weighted by Gasteiger charge is -2.13. The molecule has 0 spiro atoms. The Kier molecular flexibility index (Phi) is 4.20. The van der Waals surface area contributed by atoms with Crippen molar-refractivity contribution in [3.05, 3.63) is 41.6 Å². The Morgan fingerprint density at radius 3 is 2.61 bits per heavy atom. The summed E-state index contributed by atoms with van der Waals surface area (Å²) in [5.41, 5.74) is 1.53. The molecule has 1 aliphatic rings. The molecule has 0 saturated carbocycles. The molecular weight excluding hydrogens is 244 g/mol. The Morgan fingerprint density at radius 1 is 1.28 bits per heavy atom. The monoisotopic (exact) mass is 260 g/mol. The number of nitrogens with zero attached hydrogens (tertiary/aromatic N) is 2. The van der Waals surface area contributed by atoms with Gasteiger partial charge in [0.15, 0.2) is 5.17 Å². The molecule has 0 atom stereocenters. The zero-order chi connectivity index (χ0) is 13.0. The highest BCUT2D eigenvalue weighted by Crippen LogP contribution is 2.23. The van der Waals surface area contributed by atoms with E-state index in [-0.39, 0.29) is 5.91 Å². The minimum Gasteiger partial charge on any atom is -0.286 e. The van der Waals surface area contributed by atoms with E-state index in [4.69, 9.17) is 0 Å². The lowest BCUT2D eigenvalue weighted by Crippen LogP contribution is -2.30. The summed E-state index contributed by atoms with van der Waals surface area (Å²) in [6, 6.07) is 9.80. The molecule has 0 N–H and O–H groups in total. The molecule has 0 unspecified atom stereocenters. The highest BCUT2D eigenvalue weighted by Gasteiger charge is 2.28. The average Bonchev–Trinajstić information content (AvgIpc) is 2.67. The average molecular weight is 260 g/mol. The maximum Gasteiger partial charge on any atom is 0.278 e. The van der Waals surface area contributed by atoms with Gasteiger partial charge in [0.05, 0.1) is 0 Å². The van der Waals surface area contributed by atoms with Crippen LogP contribution in [0.3, 0.4) is 0 Å². The number of aliphatic imine (C=N–C) groups is 1. The van der Waals surface area contributed by atoms with E-state index in [0.29, 0.717) is 12.2 Å². The second kappa shape index (κ2) is 5.87. The molecule has 1 heterocycles. The highest BCUT2D eigenvalue weighted by atomic mass is 32.2. The number of carbonyl (C=O) groups is 1. The third-order valence-electron chi connectivity index (χ3n) is 2.60. The van der Waals surface area contributed by atoms with Crippen LogP contribution in [0.4, 0.5) is 0 Å². The van der Waals surface area contributed by atoms with Gasteiger partial charge in [0.2, 0.25) is 0 Å². The Morgan fingerprint density at radius 2 is 2.00 bits per heavy atom. The van der Waals surface area contributed by atoms with Crippen LogP contribution in [0.25, 0.3) is 6.08 Å². The number of hydrogen-bond donors (Lipinski definition) is 0. The van der Waals surface area contributed by atoms with E-state index in [1.807, 2.05) is 43.3 Å². The maximum absolute atomic E-state index is 12.2. The third-order valence-corrected chi connectivity index (χ3v) is 3.46. The molecule has 1 aromatic carbocycles. The van der Waals surface area contributed by atoms with Crippen molar-refractivity contribution in [2.75, 3.05) is 12.3 Å². The first-order chi connectivity index (χ1) is 8.76. The van der Waals surface area contributed by atoms with Crippen molar-refractivity contribution >= 4 is 28.9 Å². The van der Waals surface area contributed by atoms with Crippen molar-refractivity contribution in [3.8, 4) is 0 Å². The lowest BCUT2D eigenvalue weighted by atomic mass is 10.2. The van der Waals surface area contributed by atoms with Gasteiger partial charge in [0, 0.05) is 6.54 Å². The minimum atomic E-state index is -0.00250. The number of carbonyl (C=O) groups excluding carboxylic acids is 1. The van der Waals surface area contributed by atoms with Crippen LogP contribution in [0.15, 0.2) is 41.0 Å². The van der Waals surface area contributed by atoms with Crippen molar-refractivity contribution in [2.24, 2.45) is 4.99 Å². The molecule has 1 aromatic rings. The van der Waals surface area contributed by atoms with Gasteiger partial charge in [0.1, 0.15) is 5.70 Å². The maximum atomic E-state index is 12.2. The quantitative estimate of drug-likeness (QED) is 0.783. The summed E-state index contributed by atoms with van der Waals surface area (Å²) in [4.78, 5) is 18.3. The highest BCUT2D eigenvalue weighted by molar-refractivity contribution is 8.13. The van der Waals surface area contributed by atoms with Crippen LogP contribution >= 0.6 is 11.8 Å². The molecule has 1 aliphatic heterocycles. The molecule has 3 nitrogen and oxygen atoms in total. The number of amidine groups is 1. The number of thioether (sulfide) groups is 1. The SMILES string of the molecule is CCSC1=N/C(=C\c2ccccc2)C(=O)N1CC. The summed E-state index contributed by atoms with van der Waals surface area (Å²) < 4.78 is 0. The van der Waals surface area contributed by atoms with E-state index in [2.05, 4.69) is 11.9 Å². The van der Waals surface area contributed by atoms with E-state index < -0.39 is 0 Å². The Labute approximate surface area is 112 Å². The molecule has 0 fully saturated rings. The van der Waals surface area contributed by atoms with Crippen LogP contribution in [-0.2, 0) is 4.79 Å². The van der Waals surface area contributed by atoms with E-state index in [0.717, 1.165) is 16.5 Å². The minimum absolute atomic E-state index is 0.00250. The van der Waals surface area contributed by atoms with Crippen LogP contribution in [0, 0.1) is 0 Å². The standard InChI is InChI=1S/C14H16N2OS/c1-3-16-13(17)12(15-14(16)18-4-2)10-11-8-6-5-7-9-11/h5-10H,3-4H2,1-2H3/b12-10-. The predicted octanol–water partition coefficient (Wildman–Crippen LogP) is 3.00. The van der Waals surface area contributed by atoms with E-state index in [9.17, 15) is 4.79 Å². The second-order valence-electron chi connectivity index (χ2n) is 3.82. The normalized spacial score (nSPS) is 17.4. The molecule has 0 radical (unpaired) electrons. The van der Waals surface area contributed by atoms with Crippen molar-refractivity contribution in [3.63, 3.8) is 0 Å². The molecule has 4 heteroatoms. The lowest BCUT2D eigenvalue weighted by molar-refractivity contribution is -0.122. The molecule has 18 heavy (non-hydrogen) atoms. The number of likely N-dealkylation sites (N-methyl/N-ethyl adjacent to an activating group) is 1. The summed E-state index contributed by atoms with van der Waals surface area (Å²) in [5, 5.41) is 0.812. The van der Waals surface area contributed by atoms with Gasteiger partial charge in [-0.1, -0.05) is 49.0 Å². The smallest absolute Gasteiger partial charge is 0.278 e. The van der Waals surface area contributed by atoms with E-state index in [1.54, 1.807) is 16.7 Å². The van der Waals surface area contributed by atoms with Crippen LogP contribution in [0.5, 0.6) is 0 Å². The van der Waals surface area contributed by atoms with Crippen LogP contribution < -0.4 is 0 Å². The van der Waals surface area contributed by atoms with Gasteiger partial charge >= 0.3 is 0 Å². The Hall–Kier alpha value is -1.55. The van der Waals surface area contributed by atoms with Gasteiger partial charge < -0.3 is 0 Å². The van der Waals surface area contributed by atoms with E-state index >= 15 is 0 Å². The molecule has 2 rings (SSSR count). The van der Waals surface area contributed by atoms with Crippen LogP contribution in [-0.4, -0.2) is 28.3 Å². The largest absolute Gasteiger partial charge is 0.286 e. The molecule has 0 bridgehead atoms. The molecule has 0 aliphatic carbocycles. The predicted molar refractivity (Wildman–Crippen MR) is 77.4 cm³/mol. The topological polar surface area (TPSA) is 32.7 Å². The summed E-state index contributed by atoms with van der Waals surface area (Å²) in [6.45, 7) is 4.69. The summed E-state index contributed by atoms with van der Waals surface area (Å²) in [7, 11) is 0. The molecule has 94 valence electrons. The number of amides is 1. The fourth-order valence-electron chi connectivity index (χ4n) is 1.76. The zero-order valence-corrected chi connectivity index (χ0v) is 11.4. The number of hydrogen-bond acceptors (Lipinski definition) is 3. The fourth-order valence-corrected chi connectivity index (χ4v) is 2.54. The van der Waals surface area contributed by atoms with Crippen molar-refractivity contribution in [2.45, 2.75) is 13.8 Å². The first-order valence-electron chi connectivity index (χ1n) is 6.06. The fraction of sp³-hybridized carbons (Fsp3) is 0.286.